The highest BCUT2D eigenvalue weighted by molar-refractivity contribution is 5.28. The number of nitrogens with zero attached hydrogens (tertiary/aromatic N) is 2. The van der Waals surface area contributed by atoms with Crippen LogP contribution >= 0.6 is 0 Å². The van der Waals surface area contributed by atoms with E-state index in [4.69, 9.17) is 5.10 Å². The molecular formula is C16H29N3. The van der Waals surface area contributed by atoms with Crippen molar-refractivity contribution < 1.29 is 0 Å². The molecule has 1 saturated carbocycles. The highest BCUT2D eigenvalue weighted by Gasteiger charge is 2.22. The van der Waals surface area contributed by atoms with Crippen molar-refractivity contribution in [2.75, 3.05) is 6.54 Å². The van der Waals surface area contributed by atoms with Crippen LogP contribution in [0.5, 0.6) is 0 Å². The van der Waals surface area contributed by atoms with Gasteiger partial charge in [-0.15, -0.1) is 0 Å². The molecule has 3 heteroatoms. The Bertz CT molecular complexity index is 402. The molecule has 1 aliphatic carbocycles. The first-order valence-corrected chi connectivity index (χ1v) is 7.94. The minimum Gasteiger partial charge on any atom is -0.310 e. The van der Waals surface area contributed by atoms with Crippen molar-refractivity contribution >= 4 is 0 Å². The SMILES string of the molecule is CCNC(CC)c1c(C)nn(CC2CCCC2)c1C. The van der Waals surface area contributed by atoms with Gasteiger partial charge < -0.3 is 5.32 Å². The van der Waals surface area contributed by atoms with Gasteiger partial charge in [-0.05, 0) is 45.6 Å². The first-order valence-electron chi connectivity index (χ1n) is 7.94. The van der Waals surface area contributed by atoms with Gasteiger partial charge in [0, 0.05) is 23.8 Å². The average Bonchev–Trinajstić information content (AvgIpc) is 2.98. The van der Waals surface area contributed by atoms with E-state index in [0.717, 1.165) is 25.4 Å². The van der Waals surface area contributed by atoms with E-state index in [1.807, 2.05) is 0 Å². The Kier molecular flexibility index (Phi) is 5.03. The number of hydrogen-bond donors (Lipinski definition) is 1. The number of hydrogen-bond acceptors (Lipinski definition) is 2. The first-order chi connectivity index (χ1) is 9.17. The lowest BCUT2D eigenvalue weighted by atomic mass is 10.0. The standard InChI is InChI=1S/C16H29N3/c1-5-15(17-6-2)16-12(3)18-19(13(16)4)11-14-9-7-8-10-14/h14-15,17H,5-11H2,1-4H3. The smallest absolute Gasteiger partial charge is 0.0644 e. The van der Waals surface area contributed by atoms with Crippen molar-refractivity contribution in [2.45, 2.75) is 72.4 Å². The third kappa shape index (κ3) is 3.19. The summed E-state index contributed by atoms with van der Waals surface area (Å²) in [6, 6.07) is 0.460. The summed E-state index contributed by atoms with van der Waals surface area (Å²) in [5.41, 5.74) is 4.02. The number of aromatic nitrogens is 2. The second kappa shape index (κ2) is 6.56. The molecule has 0 aromatic carbocycles. The summed E-state index contributed by atoms with van der Waals surface area (Å²) in [7, 11) is 0. The Morgan fingerprint density at radius 1 is 1.26 bits per heavy atom. The van der Waals surface area contributed by atoms with Crippen LogP contribution in [-0.2, 0) is 6.54 Å². The summed E-state index contributed by atoms with van der Waals surface area (Å²) in [6.07, 6.45) is 6.72. The summed E-state index contributed by atoms with van der Waals surface area (Å²) >= 11 is 0. The molecule has 1 aromatic rings. The quantitative estimate of drug-likeness (QED) is 0.847. The summed E-state index contributed by atoms with van der Waals surface area (Å²) in [4.78, 5) is 0. The number of aryl methyl sites for hydroxylation is 1. The molecule has 0 spiro atoms. The van der Waals surface area contributed by atoms with Gasteiger partial charge in [-0.25, -0.2) is 0 Å². The monoisotopic (exact) mass is 263 g/mol. The van der Waals surface area contributed by atoms with E-state index < -0.39 is 0 Å². The number of nitrogens with one attached hydrogen (secondary N) is 1. The second-order valence-corrected chi connectivity index (χ2v) is 5.94. The van der Waals surface area contributed by atoms with Crippen molar-refractivity contribution in [3.8, 4) is 0 Å². The molecule has 108 valence electrons. The zero-order valence-corrected chi connectivity index (χ0v) is 13.0. The summed E-state index contributed by atoms with van der Waals surface area (Å²) in [5, 5.41) is 8.39. The Morgan fingerprint density at radius 3 is 2.53 bits per heavy atom. The third-order valence-corrected chi connectivity index (χ3v) is 4.55. The van der Waals surface area contributed by atoms with Crippen molar-refractivity contribution in [1.82, 2.24) is 15.1 Å². The molecule has 0 amide bonds. The van der Waals surface area contributed by atoms with Crippen molar-refractivity contribution in [2.24, 2.45) is 5.92 Å². The zero-order valence-electron chi connectivity index (χ0n) is 13.0. The van der Waals surface area contributed by atoms with Gasteiger partial charge >= 0.3 is 0 Å². The fourth-order valence-electron chi connectivity index (χ4n) is 3.53. The minimum atomic E-state index is 0.460. The van der Waals surface area contributed by atoms with Crippen LogP contribution in [0.25, 0.3) is 0 Å². The Hall–Kier alpha value is -0.830. The highest BCUT2D eigenvalue weighted by atomic mass is 15.3. The normalized spacial score (nSPS) is 18.1. The molecule has 1 aliphatic rings. The van der Waals surface area contributed by atoms with Crippen LogP contribution in [0, 0.1) is 19.8 Å². The molecule has 1 N–H and O–H groups in total. The van der Waals surface area contributed by atoms with E-state index in [1.165, 1.54) is 42.6 Å². The maximum Gasteiger partial charge on any atom is 0.0644 e. The Morgan fingerprint density at radius 2 is 1.95 bits per heavy atom. The first kappa shape index (κ1) is 14.6. The Labute approximate surface area is 117 Å². The molecule has 3 nitrogen and oxygen atoms in total. The molecule has 0 bridgehead atoms. The average molecular weight is 263 g/mol. The van der Waals surface area contributed by atoms with E-state index in [2.05, 4.69) is 37.7 Å². The third-order valence-electron chi connectivity index (χ3n) is 4.55. The van der Waals surface area contributed by atoms with Gasteiger partial charge in [0.1, 0.15) is 0 Å². The van der Waals surface area contributed by atoms with Crippen LogP contribution in [0.4, 0.5) is 0 Å². The fourth-order valence-corrected chi connectivity index (χ4v) is 3.53. The Balaban J connectivity index is 2.17. The van der Waals surface area contributed by atoms with E-state index in [0.29, 0.717) is 6.04 Å². The van der Waals surface area contributed by atoms with Gasteiger partial charge in [0.05, 0.1) is 5.69 Å². The van der Waals surface area contributed by atoms with Crippen LogP contribution in [0.2, 0.25) is 0 Å². The predicted molar refractivity (Wildman–Crippen MR) is 80.4 cm³/mol. The molecule has 19 heavy (non-hydrogen) atoms. The molecule has 0 saturated heterocycles. The highest BCUT2D eigenvalue weighted by Crippen LogP contribution is 2.29. The van der Waals surface area contributed by atoms with Crippen LogP contribution in [0.15, 0.2) is 0 Å². The largest absolute Gasteiger partial charge is 0.310 e. The molecule has 1 unspecified atom stereocenters. The lowest BCUT2D eigenvalue weighted by Gasteiger charge is -2.17. The van der Waals surface area contributed by atoms with Crippen molar-refractivity contribution in [1.29, 1.82) is 0 Å². The molecule has 2 rings (SSSR count). The topological polar surface area (TPSA) is 29.9 Å². The molecule has 0 radical (unpaired) electrons. The maximum absolute atomic E-state index is 4.80. The molecular weight excluding hydrogens is 234 g/mol. The maximum atomic E-state index is 4.80. The van der Waals surface area contributed by atoms with E-state index in [9.17, 15) is 0 Å². The summed E-state index contributed by atoms with van der Waals surface area (Å²) in [6.45, 7) is 11.0. The van der Waals surface area contributed by atoms with Crippen LogP contribution in [0.1, 0.15) is 68.9 Å². The van der Waals surface area contributed by atoms with Gasteiger partial charge in [0.2, 0.25) is 0 Å². The number of rotatable bonds is 6. The zero-order chi connectivity index (χ0) is 13.8. The van der Waals surface area contributed by atoms with E-state index in [-0.39, 0.29) is 0 Å². The van der Waals surface area contributed by atoms with Crippen LogP contribution < -0.4 is 5.32 Å². The van der Waals surface area contributed by atoms with Crippen LogP contribution in [0.3, 0.4) is 0 Å². The van der Waals surface area contributed by atoms with Crippen molar-refractivity contribution in [3.05, 3.63) is 17.0 Å². The second-order valence-electron chi connectivity index (χ2n) is 5.94. The van der Waals surface area contributed by atoms with Gasteiger partial charge in [0.25, 0.3) is 0 Å². The van der Waals surface area contributed by atoms with Gasteiger partial charge in [-0.2, -0.15) is 5.10 Å². The lowest BCUT2D eigenvalue weighted by Crippen LogP contribution is -2.21. The summed E-state index contributed by atoms with van der Waals surface area (Å²) < 4.78 is 2.26. The van der Waals surface area contributed by atoms with Gasteiger partial charge in [-0.1, -0.05) is 26.7 Å². The van der Waals surface area contributed by atoms with Gasteiger partial charge in [-0.3, -0.25) is 4.68 Å². The molecule has 1 heterocycles. The molecule has 1 aromatic heterocycles. The summed E-state index contributed by atoms with van der Waals surface area (Å²) in [5.74, 6) is 0.852. The lowest BCUT2D eigenvalue weighted by molar-refractivity contribution is 0.420. The van der Waals surface area contributed by atoms with Gasteiger partial charge in [0.15, 0.2) is 0 Å². The van der Waals surface area contributed by atoms with Crippen molar-refractivity contribution in [3.63, 3.8) is 0 Å². The van der Waals surface area contributed by atoms with Crippen LogP contribution in [-0.4, -0.2) is 16.3 Å². The molecule has 1 fully saturated rings. The minimum absolute atomic E-state index is 0.460. The predicted octanol–water partition coefficient (Wildman–Crippen LogP) is 3.75. The van der Waals surface area contributed by atoms with E-state index >= 15 is 0 Å². The fraction of sp³-hybridized carbons (Fsp3) is 0.812. The molecule has 0 aliphatic heterocycles. The van der Waals surface area contributed by atoms with E-state index in [1.54, 1.807) is 0 Å². The molecule has 1 atom stereocenters.